The molecule has 0 unspecified atom stereocenters. The van der Waals surface area contributed by atoms with Gasteiger partial charge in [-0.1, -0.05) is 0 Å². The number of carboxylic acid groups (broad SMARTS) is 1. The molecule has 1 aromatic carbocycles. The number of carbonyl (C=O) groups excluding carboxylic acids is 3. The maximum atomic E-state index is 12.6. The molecule has 1 saturated heterocycles. The van der Waals surface area contributed by atoms with Gasteiger partial charge in [0.1, 0.15) is 6.04 Å². The Morgan fingerprint density at radius 1 is 1.31 bits per heavy atom. The number of hydrogen-bond donors (Lipinski definition) is 1. The molecule has 0 aliphatic carbocycles. The van der Waals surface area contributed by atoms with Crippen LogP contribution in [0, 0.1) is 0 Å². The normalized spacial score (nSPS) is 16.1. The highest BCUT2D eigenvalue weighted by Crippen LogP contribution is 2.39. The SMILES string of the molecule is CCOc1cc(/C=C2/SC(=O)N([C@H](C)C(=O)OC)C2=O)cc(Br)c1OCC(=O)O. The molecule has 0 aromatic heterocycles. The quantitative estimate of drug-likeness (QED) is 0.435. The average molecular weight is 488 g/mol. The van der Waals surface area contributed by atoms with Crippen molar-refractivity contribution in [2.24, 2.45) is 0 Å². The second-order valence-corrected chi connectivity index (χ2v) is 7.54. The van der Waals surface area contributed by atoms with Crippen molar-refractivity contribution in [3.8, 4) is 11.5 Å². The molecule has 2 amide bonds. The van der Waals surface area contributed by atoms with Crippen molar-refractivity contribution in [1.29, 1.82) is 0 Å². The van der Waals surface area contributed by atoms with E-state index in [2.05, 4.69) is 20.7 Å². The fourth-order valence-corrected chi connectivity index (χ4v) is 3.93. The molecule has 11 heteroatoms. The highest BCUT2D eigenvalue weighted by atomic mass is 79.9. The molecule has 1 heterocycles. The van der Waals surface area contributed by atoms with Crippen LogP contribution in [-0.4, -0.2) is 59.5 Å². The zero-order valence-electron chi connectivity index (χ0n) is 15.8. The van der Waals surface area contributed by atoms with Crippen LogP contribution in [0.3, 0.4) is 0 Å². The third-order valence-electron chi connectivity index (χ3n) is 3.72. The van der Waals surface area contributed by atoms with Crippen LogP contribution in [0.2, 0.25) is 0 Å². The Hall–Kier alpha value is -2.53. The number of aliphatic carboxylic acids is 1. The van der Waals surface area contributed by atoms with Gasteiger partial charge >= 0.3 is 11.9 Å². The number of nitrogens with zero attached hydrogens (tertiary/aromatic N) is 1. The Balaban J connectivity index is 2.36. The van der Waals surface area contributed by atoms with Gasteiger partial charge < -0.3 is 19.3 Å². The first-order valence-corrected chi connectivity index (χ1v) is 9.96. The number of amides is 2. The highest BCUT2D eigenvalue weighted by molar-refractivity contribution is 9.10. The number of methoxy groups -OCH3 is 1. The molecule has 0 radical (unpaired) electrons. The Bertz CT molecular complexity index is 885. The van der Waals surface area contributed by atoms with Crippen LogP contribution in [0.25, 0.3) is 6.08 Å². The van der Waals surface area contributed by atoms with Crippen LogP contribution in [-0.2, 0) is 19.1 Å². The number of carbonyl (C=O) groups is 4. The summed E-state index contributed by atoms with van der Waals surface area (Å²) >= 11 is 4.00. The number of hydrogen-bond acceptors (Lipinski definition) is 8. The number of ether oxygens (including phenoxy) is 3. The Labute approximate surface area is 179 Å². The van der Waals surface area contributed by atoms with Crippen LogP contribution in [0.1, 0.15) is 19.4 Å². The molecule has 9 nitrogen and oxygen atoms in total. The van der Waals surface area contributed by atoms with Crippen molar-refractivity contribution in [3.63, 3.8) is 0 Å². The Kier molecular flexibility index (Phi) is 7.68. The minimum absolute atomic E-state index is 0.124. The van der Waals surface area contributed by atoms with Crippen molar-refractivity contribution < 1.29 is 38.5 Å². The first-order valence-electron chi connectivity index (χ1n) is 8.35. The molecule has 0 spiro atoms. The first-order chi connectivity index (χ1) is 13.7. The number of benzene rings is 1. The first kappa shape index (κ1) is 22.8. The van der Waals surface area contributed by atoms with E-state index >= 15 is 0 Å². The molecular formula is C18H18BrNO8S. The van der Waals surface area contributed by atoms with Gasteiger partial charge in [-0.05, 0) is 65.3 Å². The number of esters is 1. The van der Waals surface area contributed by atoms with Gasteiger partial charge in [0.2, 0.25) is 0 Å². The van der Waals surface area contributed by atoms with E-state index in [-0.39, 0.29) is 16.4 Å². The van der Waals surface area contributed by atoms with Crippen molar-refractivity contribution in [1.82, 2.24) is 4.90 Å². The fourth-order valence-electron chi connectivity index (χ4n) is 2.45. The van der Waals surface area contributed by atoms with E-state index in [1.54, 1.807) is 19.1 Å². The van der Waals surface area contributed by atoms with Crippen molar-refractivity contribution >= 4 is 56.9 Å². The van der Waals surface area contributed by atoms with E-state index in [1.807, 2.05) is 0 Å². The summed E-state index contributed by atoms with van der Waals surface area (Å²) in [6.07, 6.45) is 1.48. The highest BCUT2D eigenvalue weighted by Gasteiger charge is 2.41. The van der Waals surface area contributed by atoms with E-state index in [0.29, 0.717) is 28.4 Å². The van der Waals surface area contributed by atoms with Gasteiger partial charge in [-0.2, -0.15) is 0 Å². The van der Waals surface area contributed by atoms with Crippen LogP contribution in [0.5, 0.6) is 11.5 Å². The molecule has 1 aromatic rings. The van der Waals surface area contributed by atoms with Gasteiger partial charge in [0.05, 0.1) is 23.1 Å². The number of carboxylic acids is 1. The molecule has 29 heavy (non-hydrogen) atoms. The topological polar surface area (TPSA) is 119 Å². The molecule has 1 N–H and O–H groups in total. The molecule has 2 rings (SSSR count). The van der Waals surface area contributed by atoms with Crippen LogP contribution < -0.4 is 9.47 Å². The minimum atomic E-state index is -1.14. The predicted octanol–water partition coefficient (Wildman–Crippen LogP) is 2.91. The molecular weight excluding hydrogens is 470 g/mol. The monoisotopic (exact) mass is 487 g/mol. The van der Waals surface area contributed by atoms with E-state index in [1.165, 1.54) is 20.1 Å². The summed E-state index contributed by atoms with van der Waals surface area (Å²) in [5.41, 5.74) is 0.513. The van der Waals surface area contributed by atoms with Crippen molar-refractivity contribution in [2.75, 3.05) is 20.3 Å². The number of imide groups is 1. The zero-order chi connectivity index (χ0) is 21.7. The van der Waals surface area contributed by atoms with Crippen molar-refractivity contribution in [3.05, 3.63) is 27.1 Å². The lowest BCUT2D eigenvalue weighted by Crippen LogP contribution is -2.42. The van der Waals surface area contributed by atoms with Crippen LogP contribution in [0.4, 0.5) is 4.79 Å². The minimum Gasteiger partial charge on any atom is -0.490 e. The van der Waals surface area contributed by atoms with E-state index in [0.717, 1.165) is 4.90 Å². The zero-order valence-corrected chi connectivity index (χ0v) is 18.2. The van der Waals surface area contributed by atoms with Gasteiger partial charge in [-0.25, -0.2) is 9.59 Å². The molecule has 0 saturated carbocycles. The Morgan fingerprint density at radius 2 is 2.00 bits per heavy atom. The molecule has 1 aliphatic heterocycles. The summed E-state index contributed by atoms with van der Waals surface area (Å²) < 4.78 is 15.8. The molecule has 1 aliphatic rings. The summed E-state index contributed by atoms with van der Waals surface area (Å²) in [5.74, 6) is -1.97. The number of thioether (sulfide) groups is 1. The molecule has 1 atom stereocenters. The van der Waals surface area contributed by atoms with Crippen molar-refractivity contribution in [2.45, 2.75) is 19.9 Å². The van der Waals surface area contributed by atoms with E-state index in [9.17, 15) is 19.2 Å². The maximum absolute atomic E-state index is 12.6. The van der Waals surface area contributed by atoms with Gasteiger partial charge in [-0.3, -0.25) is 14.5 Å². The van der Waals surface area contributed by atoms with Gasteiger partial charge in [0.15, 0.2) is 18.1 Å². The van der Waals surface area contributed by atoms with Crippen LogP contribution in [0.15, 0.2) is 21.5 Å². The third kappa shape index (κ3) is 5.30. The van der Waals surface area contributed by atoms with Gasteiger partial charge in [0.25, 0.3) is 11.1 Å². The summed E-state index contributed by atoms with van der Waals surface area (Å²) in [4.78, 5) is 48.2. The molecule has 156 valence electrons. The second-order valence-electron chi connectivity index (χ2n) is 5.70. The van der Waals surface area contributed by atoms with Gasteiger partial charge in [-0.15, -0.1) is 0 Å². The second kappa shape index (κ2) is 9.79. The molecule has 1 fully saturated rings. The lowest BCUT2D eigenvalue weighted by molar-refractivity contribution is -0.148. The van der Waals surface area contributed by atoms with Crippen LogP contribution >= 0.6 is 27.7 Å². The largest absolute Gasteiger partial charge is 0.490 e. The standard InChI is InChI=1S/C18H18BrNO8S/c1-4-27-12-6-10(5-11(19)15(12)28-8-14(21)22)7-13-16(23)20(18(25)29-13)9(2)17(24)26-3/h5-7,9H,4,8H2,1-3H3,(H,21,22)/b13-7+/t9-/m1/s1. The smallest absolute Gasteiger partial charge is 0.341 e. The lowest BCUT2D eigenvalue weighted by Gasteiger charge is -2.18. The summed E-state index contributed by atoms with van der Waals surface area (Å²) in [6.45, 7) is 2.90. The molecule has 0 bridgehead atoms. The van der Waals surface area contributed by atoms with Gasteiger partial charge in [0, 0.05) is 0 Å². The number of rotatable bonds is 8. The van der Waals surface area contributed by atoms with E-state index < -0.39 is 35.7 Å². The summed E-state index contributed by atoms with van der Waals surface area (Å²) in [5, 5.41) is 8.23. The van der Waals surface area contributed by atoms with E-state index in [4.69, 9.17) is 14.6 Å². The average Bonchev–Trinajstić information content (AvgIpc) is 2.93. The Morgan fingerprint density at radius 3 is 2.59 bits per heavy atom. The fraction of sp³-hybridized carbons (Fsp3) is 0.333. The number of halogens is 1. The third-order valence-corrected chi connectivity index (χ3v) is 5.20. The summed E-state index contributed by atoms with van der Waals surface area (Å²) in [7, 11) is 1.18. The predicted molar refractivity (Wildman–Crippen MR) is 108 cm³/mol. The maximum Gasteiger partial charge on any atom is 0.341 e. The lowest BCUT2D eigenvalue weighted by atomic mass is 10.1. The summed E-state index contributed by atoms with van der Waals surface area (Å²) in [6, 6.07) is 2.11.